The predicted octanol–water partition coefficient (Wildman–Crippen LogP) is 4.87. The fourth-order valence-electron chi connectivity index (χ4n) is 3.04. The summed E-state index contributed by atoms with van der Waals surface area (Å²) in [5.41, 5.74) is 0.402. The van der Waals surface area contributed by atoms with Crippen molar-refractivity contribution in [2.75, 3.05) is 6.54 Å². The normalized spacial score (nSPS) is 20.2. The number of nitrogens with zero attached hydrogens (tertiary/aromatic N) is 1. The Labute approximate surface area is 171 Å². The SMILES string of the molecule is CCC(C)(C)c1ccc(O[C@@H]2C[C@H](C(=O)O)N(C(=O)OC(C)(C)C)C2)c(Cl)c1. The summed E-state index contributed by atoms with van der Waals surface area (Å²) in [5.74, 6) is -0.597. The summed E-state index contributed by atoms with van der Waals surface area (Å²) < 4.78 is 11.3. The quantitative estimate of drug-likeness (QED) is 0.748. The second-order valence-corrected chi connectivity index (χ2v) is 9.25. The van der Waals surface area contributed by atoms with Crippen LogP contribution >= 0.6 is 11.6 Å². The smallest absolute Gasteiger partial charge is 0.411 e. The summed E-state index contributed by atoms with van der Waals surface area (Å²) in [4.78, 5) is 25.2. The van der Waals surface area contributed by atoms with Gasteiger partial charge in [0.25, 0.3) is 0 Å². The first kappa shape index (κ1) is 22.3. The topological polar surface area (TPSA) is 76.1 Å². The van der Waals surface area contributed by atoms with Crippen LogP contribution in [0.2, 0.25) is 5.02 Å². The minimum absolute atomic E-state index is 0.00254. The standard InChI is InChI=1S/C21H30ClNO5/c1-7-21(5,6)13-8-9-17(15(22)10-13)27-14-11-16(18(24)25)23(12-14)19(26)28-20(2,3)4/h8-10,14,16H,7,11-12H2,1-6H3,(H,24,25)/t14-,16-/m1/s1. The van der Waals surface area contributed by atoms with Crippen LogP contribution in [0.4, 0.5) is 4.79 Å². The molecular formula is C21H30ClNO5. The first-order chi connectivity index (χ1) is 12.8. The number of carbonyl (C=O) groups excluding carboxylic acids is 1. The fourth-order valence-corrected chi connectivity index (χ4v) is 3.27. The molecule has 1 aromatic rings. The molecular weight excluding hydrogens is 382 g/mol. The molecule has 2 atom stereocenters. The lowest BCUT2D eigenvalue weighted by Gasteiger charge is -2.26. The largest absolute Gasteiger partial charge is 0.487 e. The highest BCUT2D eigenvalue weighted by atomic mass is 35.5. The molecule has 0 aromatic heterocycles. The molecule has 1 saturated heterocycles. The van der Waals surface area contributed by atoms with E-state index in [0.29, 0.717) is 10.8 Å². The molecule has 0 unspecified atom stereocenters. The van der Waals surface area contributed by atoms with E-state index in [1.165, 1.54) is 4.90 Å². The second-order valence-electron chi connectivity index (χ2n) is 8.84. The number of ether oxygens (including phenoxy) is 2. The number of hydrogen-bond acceptors (Lipinski definition) is 4. The minimum atomic E-state index is -1.08. The second kappa shape index (κ2) is 8.19. The summed E-state index contributed by atoms with van der Waals surface area (Å²) in [7, 11) is 0. The molecule has 0 saturated carbocycles. The Morgan fingerprint density at radius 2 is 1.89 bits per heavy atom. The van der Waals surface area contributed by atoms with E-state index in [1.807, 2.05) is 12.1 Å². The molecule has 1 aliphatic rings. The molecule has 0 aliphatic carbocycles. The fraction of sp³-hybridized carbons (Fsp3) is 0.619. The van der Waals surface area contributed by atoms with Crippen LogP contribution in [0.1, 0.15) is 59.9 Å². The van der Waals surface area contributed by atoms with Crippen molar-refractivity contribution in [2.45, 2.75) is 77.5 Å². The summed E-state index contributed by atoms with van der Waals surface area (Å²) in [5, 5.41) is 9.97. The average molecular weight is 412 g/mol. The van der Waals surface area contributed by atoms with Gasteiger partial charge in [0.05, 0.1) is 11.6 Å². The maximum Gasteiger partial charge on any atom is 0.411 e. The molecule has 0 spiro atoms. The van der Waals surface area contributed by atoms with Gasteiger partial charge in [-0.25, -0.2) is 9.59 Å². The number of carboxylic acids is 1. The lowest BCUT2D eigenvalue weighted by molar-refractivity contribution is -0.142. The molecule has 28 heavy (non-hydrogen) atoms. The monoisotopic (exact) mass is 411 g/mol. The summed E-state index contributed by atoms with van der Waals surface area (Å²) >= 11 is 6.41. The van der Waals surface area contributed by atoms with Crippen molar-refractivity contribution < 1.29 is 24.2 Å². The van der Waals surface area contributed by atoms with Crippen LogP contribution in [-0.2, 0) is 14.9 Å². The first-order valence-electron chi connectivity index (χ1n) is 9.53. The van der Waals surface area contributed by atoms with E-state index in [-0.39, 0.29) is 18.4 Å². The van der Waals surface area contributed by atoms with Gasteiger partial charge in [0.1, 0.15) is 23.5 Å². The van der Waals surface area contributed by atoms with Crippen molar-refractivity contribution in [3.05, 3.63) is 28.8 Å². The Balaban J connectivity index is 2.15. The number of carboxylic acid groups (broad SMARTS) is 1. The van der Waals surface area contributed by atoms with E-state index < -0.39 is 29.8 Å². The van der Waals surface area contributed by atoms with Crippen LogP contribution in [-0.4, -0.2) is 46.4 Å². The van der Waals surface area contributed by atoms with E-state index in [1.54, 1.807) is 26.8 Å². The molecule has 6 nitrogen and oxygen atoms in total. The minimum Gasteiger partial charge on any atom is -0.487 e. The van der Waals surface area contributed by atoms with Gasteiger partial charge >= 0.3 is 12.1 Å². The maximum atomic E-state index is 12.4. The number of aliphatic carboxylic acids is 1. The molecule has 2 rings (SSSR count). The molecule has 1 heterocycles. The number of rotatable bonds is 5. The van der Waals surface area contributed by atoms with E-state index >= 15 is 0 Å². The Morgan fingerprint density at radius 3 is 2.39 bits per heavy atom. The molecule has 1 amide bonds. The Hall–Kier alpha value is -1.95. The van der Waals surface area contributed by atoms with Crippen LogP contribution < -0.4 is 4.74 Å². The molecule has 156 valence electrons. The third-order valence-corrected chi connectivity index (χ3v) is 5.36. The van der Waals surface area contributed by atoms with Gasteiger partial charge in [-0.2, -0.15) is 0 Å². The van der Waals surface area contributed by atoms with Crippen molar-refractivity contribution in [1.82, 2.24) is 4.90 Å². The average Bonchev–Trinajstić information content (AvgIpc) is 2.99. The van der Waals surface area contributed by atoms with Gasteiger partial charge in [-0.3, -0.25) is 4.90 Å². The third kappa shape index (κ3) is 5.31. The van der Waals surface area contributed by atoms with Gasteiger partial charge in [0, 0.05) is 6.42 Å². The molecule has 7 heteroatoms. The van der Waals surface area contributed by atoms with Crippen molar-refractivity contribution in [3.8, 4) is 5.75 Å². The first-order valence-corrected chi connectivity index (χ1v) is 9.91. The number of amides is 1. The molecule has 1 aliphatic heterocycles. The molecule has 1 aromatic carbocycles. The van der Waals surface area contributed by atoms with Crippen molar-refractivity contribution >= 4 is 23.7 Å². The summed E-state index contributed by atoms with van der Waals surface area (Å²) in [6.07, 6.45) is 0.0121. The number of likely N-dealkylation sites (tertiary alicyclic amines) is 1. The zero-order chi connectivity index (χ0) is 21.3. The number of carbonyl (C=O) groups is 2. The summed E-state index contributed by atoms with van der Waals surface area (Å²) in [6, 6.07) is 4.67. The van der Waals surface area contributed by atoms with E-state index in [4.69, 9.17) is 21.1 Å². The lowest BCUT2D eigenvalue weighted by Crippen LogP contribution is -2.43. The highest BCUT2D eigenvalue weighted by Gasteiger charge is 2.42. The molecule has 0 bridgehead atoms. The van der Waals surface area contributed by atoms with Crippen molar-refractivity contribution in [3.63, 3.8) is 0 Å². The Morgan fingerprint density at radius 1 is 1.25 bits per heavy atom. The Kier molecular flexibility index (Phi) is 6.54. The van der Waals surface area contributed by atoms with Gasteiger partial charge < -0.3 is 14.6 Å². The van der Waals surface area contributed by atoms with Crippen LogP contribution in [0.5, 0.6) is 5.75 Å². The van der Waals surface area contributed by atoms with Gasteiger partial charge in [-0.15, -0.1) is 0 Å². The van der Waals surface area contributed by atoms with Gasteiger partial charge in [0.15, 0.2) is 0 Å². The van der Waals surface area contributed by atoms with Crippen LogP contribution in [0.25, 0.3) is 0 Å². The van der Waals surface area contributed by atoms with Crippen LogP contribution in [0.3, 0.4) is 0 Å². The van der Waals surface area contributed by atoms with Gasteiger partial charge in [0.2, 0.25) is 0 Å². The predicted molar refractivity (Wildman–Crippen MR) is 108 cm³/mol. The third-order valence-electron chi connectivity index (χ3n) is 5.07. The van der Waals surface area contributed by atoms with Crippen molar-refractivity contribution in [2.24, 2.45) is 0 Å². The number of hydrogen-bond donors (Lipinski definition) is 1. The van der Waals surface area contributed by atoms with E-state index in [9.17, 15) is 14.7 Å². The zero-order valence-corrected chi connectivity index (χ0v) is 18.2. The molecule has 0 radical (unpaired) electrons. The molecule has 1 fully saturated rings. The van der Waals surface area contributed by atoms with Gasteiger partial charge in [-0.05, 0) is 50.3 Å². The van der Waals surface area contributed by atoms with Gasteiger partial charge in [-0.1, -0.05) is 38.4 Å². The number of benzene rings is 1. The summed E-state index contributed by atoms with van der Waals surface area (Å²) in [6.45, 7) is 11.8. The van der Waals surface area contributed by atoms with E-state index in [0.717, 1.165) is 12.0 Å². The number of halogens is 1. The zero-order valence-electron chi connectivity index (χ0n) is 17.4. The maximum absolute atomic E-state index is 12.4. The molecule has 1 N–H and O–H groups in total. The highest BCUT2D eigenvalue weighted by Crippen LogP contribution is 2.35. The Bertz CT molecular complexity index is 741. The van der Waals surface area contributed by atoms with Crippen LogP contribution in [0.15, 0.2) is 18.2 Å². The highest BCUT2D eigenvalue weighted by molar-refractivity contribution is 6.32. The lowest BCUT2D eigenvalue weighted by atomic mass is 9.82. The van der Waals surface area contributed by atoms with E-state index in [2.05, 4.69) is 20.8 Å². The van der Waals surface area contributed by atoms with Crippen LogP contribution in [0, 0.1) is 0 Å². The van der Waals surface area contributed by atoms with Crippen molar-refractivity contribution in [1.29, 1.82) is 0 Å².